The lowest BCUT2D eigenvalue weighted by Gasteiger charge is -2.19. The van der Waals surface area contributed by atoms with E-state index in [2.05, 4.69) is 36.5 Å². The van der Waals surface area contributed by atoms with Crippen molar-refractivity contribution in [3.05, 3.63) is 89.5 Å². The Labute approximate surface area is 251 Å². The Bertz CT molecular complexity index is 1720. The van der Waals surface area contributed by atoms with Crippen molar-refractivity contribution in [2.45, 2.75) is 25.7 Å². The van der Waals surface area contributed by atoms with E-state index in [4.69, 9.17) is 16.3 Å². The van der Waals surface area contributed by atoms with Gasteiger partial charge >= 0.3 is 6.09 Å². The number of rotatable bonds is 5. The van der Waals surface area contributed by atoms with Crippen LogP contribution in [0.1, 0.15) is 30.5 Å². The highest BCUT2D eigenvalue weighted by Gasteiger charge is 2.19. The van der Waals surface area contributed by atoms with Gasteiger partial charge in [-0.15, -0.1) is 5.10 Å². The van der Waals surface area contributed by atoms with E-state index in [1.807, 2.05) is 18.2 Å². The van der Waals surface area contributed by atoms with Crippen LogP contribution in [0.25, 0.3) is 22.9 Å². The van der Waals surface area contributed by atoms with E-state index in [9.17, 15) is 14.4 Å². The van der Waals surface area contributed by atoms with Gasteiger partial charge in [0.25, 0.3) is 0 Å². The maximum absolute atomic E-state index is 13.4. The first-order chi connectivity index (χ1) is 20.9. The second-order valence-corrected chi connectivity index (χ2v) is 9.91. The third-order valence-corrected chi connectivity index (χ3v) is 6.71. The summed E-state index contributed by atoms with van der Waals surface area (Å²) in [6.45, 7) is 0. The highest BCUT2D eigenvalue weighted by molar-refractivity contribution is 6.30. The number of ether oxygens (including phenoxy) is 1. The van der Waals surface area contributed by atoms with Gasteiger partial charge in [0.05, 0.1) is 24.2 Å². The molecule has 12 nitrogen and oxygen atoms in total. The van der Waals surface area contributed by atoms with Crippen molar-refractivity contribution >= 4 is 52.6 Å². The van der Waals surface area contributed by atoms with Gasteiger partial charge in [0, 0.05) is 46.2 Å². The molecule has 4 aromatic rings. The van der Waals surface area contributed by atoms with E-state index in [1.54, 1.807) is 48.7 Å². The fourth-order valence-corrected chi connectivity index (χ4v) is 4.72. The Hall–Kier alpha value is -5.36. The Kier molecular flexibility index (Phi) is 9.17. The quantitative estimate of drug-likeness (QED) is 0.203. The molecule has 0 spiro atoms. The zero-order valence-corrected chi connectivity index (χ0v) is 23.8. The summed E-state index contributed by atoms with van der Waals surface area (Å²) >= 11 is 6.22. The van der Waals surface area contributed by atoms with E-state index >= 15 is 0 Å². The molecule has 0 saturated heterocycles. The van der Waals surface area contributed by atoms with Crippen molar-refractivity contribution in [1.29, 1.82) is 0 Å². The van der Waals surface area contributed by atoms with Crippen molar-refractivity contribution in [2.24, 2.45) is 0 Å². The second kappa shape index (κ2) is 13.5. The number of hydrogen-bond acceptors (Lipinski definition) is 8. The number of anilines is 3. The van der Waals surface area contributed by atoms with Crippen LogP contribution in [-0.4, -0.2) is 50.2 Å². The molecule has 5 rings (SSSR count). The van der Waals surface area contributed by atoms with Crippen LogP contribution in [0.4, 0.5) is 21.9 Å². The molecule has 218 valence electrons. The number of hydrogen-bond donors (Lipinski definition) is 3. The van der Waals surface area contributed by atoms with Crippen LogP contribution in [0, 0.1) is 0 Å². The Morgan fingerprint density at radius 3 is 2.70 bits per heavy atom. The van der Waals surface area contributed by atoms with Crippen molar-refractivity contribution in [3.8, 4) is 16.8 Å². The fraction of sp³-hybridized carbons (Fsp3) is 0.167. The predicted molar refractivity (Wildman–Crippen MR) is 163 cm³/mol. The number of carbonyl (C=O) groups is 3. The molecule has 3 amide bonds. The minimum absolute atomic E-state index is 0.220. The van der Waals surface area contributed by atoms with Gasteiger partial charge in [0.2, 0.25) is 11.8 Å². The zero-order chi connectivity index (χ0) is 30.2. The number of fused-ring (bicyclic) bond motifs is 4. The highest BCUT2D eigenvalue weighted by Crippen LogP contribution is 2.39. The SMILES string of the molecule is COC(=O)Nc1cc(NC(=O)C=Cc2cc(Cl)ccc2-n2cnnn2)c2c(c1)NC(=O)CCC=CCCc1cc-2ccn1. The van der Waals surface area contributed by atoms with E-state index in [0.717, 1.165) is 17.7 Å². The van der Waals surface area contributed by atoms with Gasteiger partial charge in [0.15, 0.2) is 0 Å². The lowest BCUT2D eigenvalue weighted by molar-refractivity contribution is -0.116. The minimum atomic E-state index is -0.708. The Balaban J connectivity index is 1.56. The van der Waals surface area contributed by atoms with E-state index in [-0.39, 0.29) is 12.3 Å². The summed E-state index contributed by atoms with van der Waals surface area (Å²) < 4.78 is 6.22. The fourth-order valence-electron chi connectivity index (χ4n) is 4.53. The summed E-state index contributed by atoms with van der Waals surface area (Å²) in [4.78, 5) is 42.9. The zero-order valence-electron chi connectivity index (χ0n) is 23.1. The maximum Gasteiger partial charge on any atom is 0.411 e. The van der Waals surface area contributed by atoms with Gasteiger partial charge in [0.1, 0.15) is 6.33 Å². The van der Waals surface area contributed by atoms with Gasteiger partial charge in [-0.2, -0.15) is 4.68 Å². The van der Waals surface area contributed by atoms with E-state index in [1.165, 1.54) is 24.2 Å². The number of nitrogens with zero attached hydrogens (tertiary/aromatic N) is 5. The van der Waals surface area contributed by atoms with Crippen molar-refractivity contribution in [2.75, 3.05) is 23.1 Å². The lowest BCUT2D eigenvalue weighted by Crippen LogP contribution is -2.16. The lowest BCUT2D eigenvalue weighted by atomic mass is 9.99. The number of aryl methyl sites for hydroxylation is 1. The van der Waals surface area contributed by atoms with E-state index < -0.39 is 12.0 Å². The van der Waals surface area contributed by atoms with Gasteiger partial charge in [-0.25, -0.2) is 4.79 Å². The number of allylic oxidation sites excluding steroid dienone is 2. The first-order valence-corrected chi connectivity index (χ1v) is 13.7. The monoisotopic (exact) mass is 598 g/mol. The molecule has 0 radical (unpaired) electrons. The van der Waals surface area contributed by atoms with Crippen molar-refractivity contribution in [3.63, 3.8) is 0 Å². The van der Waals surface area contributed by atoms with Gasteiger partial charge in [-0.1, -0.05) is 23.8 Å². The second-order valence-electron chi connectivity index (χ2n) is 9.48. The summed E-state index contributed by atoms with van der Waals surface area (Å²) in [5, 5.41) is 20.2. The number of aromatic nitrogens is 5. The van der Waals surface area contributed by atoms with Crippen LogP contribution in [0.2, 0.25) is 5.02 Å². The average molecular weight is 599 g/mol. The standard InChI is InChI=1S/C30H27ClN8O4/c1-43-30(42)34-23-16-24-29(20-12-13-32-22(15-20)6-4-2-3-5-7-27(40)35-24)25(17-23)36-28(41)11-8-19-14-21(31)9-10-26(19)39-18-33-37-38-39/h2-3,8-18H,4-7H2,1H3,(H,34,42)(H,35,40)(H,36,41). The molecule has 3 heterocycles. The van der Waals surface area contributed by atoms with Crippen LogP contribution in [0.3, 0.4) is 0 Å². The average Bonchev–Trinajstić information content (AvgIpc) is 3.52. The Morgan fingerprint density at radius 1 is 1.07 bits per heavy atom. The van der Waals surface area contributed by atoms with Crippen LogP contribution in [0.15, 0.2) is 73.2 Å². The molecule has 0 atom stereocenters. The van der Waals surface area contributed by atoms with Gasteiger partial charge < -0.3 is 15.4 Å². The smallest absolute Gasteiger partial charge is 0.411 e. The molecule has 3 N–H and O–H groups in total. The minimum Gasteiger partial charge on any atom is -0.453 e. The van der Waals surface area contributed by atoms with Crippen LogP contribution in [-0.2, 0) is 20.7 Å². The number of carbonyl (C=O) groups excluding carboxylic acids is 3. The van der Waals surface area contributed by atoms with Gasteiger partial charge in [-0.05, 0) is 83.8 Å². The summed E-state index contributed by atoms with van der Waals surface area (Å²) in [5.41, 5.74) is 4.39. The third-order valence-electron chi connectivity index (χ3n) is 6.48. The van der Waals surface area contributed by atoms with Crippen molar-refractivity contribution < 1.29 is 19.1 Å². The summed E-state index contributed by atoms with van der Waals surface area (Å²) in [7, 11) is 1.24. The number of halogens is 1. The molecule has 0 aliphatic carbocycles. The van der Waals surface area contributed by atoms with Crippen LogP contribution >= 0.6 is 11.6 Å². The number of tetrazole rings is 1. The molecule has 0 fully saturated rings. The largest absolute Gasteiger partial charge is 0.453 e. The molecule has 2 aromatic heterocycles. The van der Waals surface area contributed by atoms with Crippen LogP contribution in [0.5, 0.6) is 0 Å². The highest BCUT2D eigenvalue weighted by atomic mass is 35.5. The molecule has 2 bridgehead atoms. The van der Waals surface area contributed by atoms with Gasteiger partial charge in [-0.3, -0.25) is 19.9 Å². The normalized spacial score (nSPS) is 13.2. The first-order valence-electron chi connectivity index (χ1n) is 13.3. The molecule has 13 heteroatoms. The predicted octanol–water partition coefficient (Wildman–Crippen LogP) is 5.43. The molecule has 2 aromatic carbocycles. The molecule has 1 aliphatic heterocycles. The molecule has 1 aliphatic rings. The van der Waals surface area contributed by atoms with E-state index in [0.29, 0.717) is 51.7 Å². The molecular weight excluding hydrogens is 572 g/mol. The first kappa shape index (κ1) is 29.1. The molecular formula is C30H27ClN8O4. The van der Waals surface area contributed by atoms with Crippen LogP contribution < -0.4 is 16.0 Å². The number of amides is 3. The summed E-state index contributed by atoms with van der Waals surface area (Å²) in [5.74, 6) is -0.698. The Morgan fingerprint density at radius 2 is 1.91 bits per heavy atom. The summed E-state index contributed by atoms with van der Waals surface area (Å²) in [6.07, 6.45) is 11.7. The molecule has 43 heavy (non-hydrogen) atoms. The summed E-state index contributed by atoms with van der Waals surface area (Å²) in [6, 6.07) is 12.0. The number of benzene rings is 2. The topological polar surface area (TPSA) is 153 Å². The van der Waals surface area contributed by atoms with Crippen molar-refractivity contribution in [1.82, 2.24) is 25.2 Å². The third kappa shape index (κ3) is 7.49. The number of pyridine rings is 1. The molecule has 0 saturated carbocycles. The maximum atomic E-state index is 13.4. The number of methoxy groups -OCH3 is 1. The number of nitrogens with one attached hydrogen (secondary N) is 3. The molecule has 0 unspecified atom stereocenters.